The van der Waals surface area contributed by atoms with Crippen LogP contribution >= 0.6 is 0 Å². The number of hydrogen-bond donors (Lipinski definition) is 1. The number of aliphatic hydroxyl groups excluding tert-OH is 1. The molecule has 9 atom stereocenters. The van der Waals surface area contributed by atoms with E-state index in [4.69, 9.17) is 19.2 Å². The van der Waals surface area contributed by atoms with Gasteiger partial charge >= 0.3 is 5.97 Å². The van der Waals surface area contributed by atoms with Crippen molar-refractivity contribution in [3.8, 4) is 6.07 Å². The molecule has 1 aromatic heterocycles. The minimum Gasteiger partial charge on any atom is -0.457 e. The Bertz CT molecular complexity index is 1440. The van der Waals surface area contributed by atoms with Crippen LogP contribution in [0, 0.1) is 47.3 Å². The quantitative estimate of drug-likeness (QED) is 0.249. The molecule has 4 rings (SSSR count). The molecule has 1 aliphatic heterocycles. The second kappa shape index (κ2) is 15.9. The maximum absolute atomic E-state index is 13.0. The molecule has 1 N–H and O–H groups in total. The molecular weight excluding hydrogens is 576 g/mol. The molecule has 0 amide bonds. The normalized spacial score (nSPS) is 36.2. The van der Waals surface area contributed by atoms with Crippen molar-refractivity contribution >= 4 is 12.0 Å². The van der Waals surface area contributed by atoms with Gasteiger partial charge in [-0.1, -0.05) is 80.5 Å². The van der Waals surface area contributed by atoms with Crippen LogP contribution in [0.4, 0.5) is 0 Å². The summed E-state index contributed by atoms with van der Waals surface area (Å²) in [5, 5.41) is 20.1. The number of carbonyl (C=O) groups excluding carboxylic acids is 1. The Morgan fingerprint density at radius 2 is 2.00 bits per heavy atom. The average Bonchev–Trinajstić information content (AvgIpc) is 3.40. The first-order chi connectivity index (χ1) is 22.0. The van der Waals surface area contributed by atoms with Crippen LogP contribution in [-0.4, -0.2) is 41.5 Å². The maximum Gasteiger partial charge on any atom is 0.306 e. The van der Waals surface area contributed by atoms with Crippen LogP contribution in [0.2, 0.25) is 0 Å². The largest absolute Gasteiger partial charge is 0.457 e. The van der Waals surface area contributed by atoms with E-state index in [-0.39, 0.29) is 53.5 Å². The smallest absolute Gasteiger partial charge is 0.306 e. The molecule has 1 aromatic rings. The van der Waals surface area contributed by atoms with Crippen molar-refractivity contribution in [2.75, 3.05) is 7.11 Å². The van der Waals surface area contributed by atoms with Crippen molar-refractivity contribution < 1.29 is 23.8 Å². The standard InChI is InChI=1S/C39H52N2O5/c1-25-12-10-16-36(43)46-35(18-17-33-29(5)45-38(41-33)27(3)14-11-21-40)26(2)13-8-9-15-30-22-28(4)37-32(39(30,6)20-19-25)23-31(44-7)24-34(37)42/h8-9,12-13,15,17-20,22,26-27,30-32,34-35,37,42H,10-11,14,16,23-24H2,1-7H3/b13-8+,15-9+,18-17+,20-19+,25-12-. The number of allylic oxidation sites excluding steroid dienone is 8. The molecule has 1 saturated carbocycles. The molecule has 3 aliphatic rings. The van der Waals surface area contributed by atoms with Gasteiger partial charge in [-0.3, -0.25) is 4.79 Å². The lowest BCUT2D eigenvalue weighted by Crippen LogP contribution is -2.50. The molecular formula is C39H52N2O5. The van der Waals surface area contributed by atoms with E-state index in [2.05, 4.69) is 74.4 Å². The van der Waals surface area contributed by atoms with Crippen molar-refractivity contribution in [1.29, 1.82) is 5.26 Å². The molecule has 0 aromatic carbocycles. The van der Waals surface area contributed by atoms with E-state index >= 15 is 0 Å². The fourth-order valence-electron chi connectivity index (χ4n) is 7.23. The Labute approximate surface area is 275 Å². The Hall–Kier alpha value is -3.47. The van der Waals surface area contributed by atoms with Crippen LogP contribution in [0.1, 0.15) is 96.4 Å². The molecule has 0 spiro atoms. The third-order valence-corrected chi connectivity index (χ3v) is 10.2. The molecule has 46 heavy (non-hydrogen) atoms. The van der Waals surface area contributed by atoms with E-state index < -0.39 is 12.2 Å². The molecule has 248 valence electrons. The molecule has 0 bridgehead atoms. The summed E-state index contributed by atoms with van der Waals surface area (Å²) in [6, 6.07) is 2.18. The van der Waals surface area contributed by atoms with Gasteiger partial charge in [-0.25, -0.2) is 4.98 Å². The third-order valence-electron chi connectivity index (χ3n) is 10.2. The summed E-state index contributed by atoms with van der Waals surface area (Å²) >= 11 is 0. The summed E-state index contributed by atoms with van der Waals surface area (Å²) < 4.78 is 17.7. The molecule has 2 aliphatic carbocycles. The summed E-state index contributed by atoms with van der Waals surface area (Å²) in [5.74, 6) is 1.47. The second-order valence-electron chi connectivity index (χ2n) is 13.7. The number of nitriles is 1. The number of oxazole rings is 1. The second-order valence-corrected chi connectivity index (χ2v) is 13.7. The summed E-state index contributed by atoms with van der Waals surface area (Å²) in [5.41, 5.74) is 2.81. The zero-order valence-corrected chi connectivity index (χ0v) is 28.6. The molecule has 2 heterocycles. The van der Waals surface area contributed by atoms with Crippen molar-refractivity contribution in [2.45, 2.75) is 104 Å². The number of cyclic esters (lactones) is 1. The minimum absolute atomic E-state index is 0.0327. The van der Waals surface area contributed by atoms with Crippen molar-refractivity contribution in [3.05, 3.63) is 83.2 Å². The highest BCUT2D eigenvalue weighted by molar-refractivity contribution is 5.70. The van der Waals surface area contributed by atoms with Gasteiger partial charge in [-0.2, -0.15) is 5.26 Å². The highest BCUT2D eigenvalue weighted by atomic mass is 16.5. The monoisotopic (exact) mass is 628 g/mol. The summed E-state index contributed by atoms with van der Waals surface area (Å²) in [4.78, 5) is 17.6. The molecule has 1 fully saturated rings. The van der Waals surface area contributed by atoms with Crippen LogP contribution in [0.3, 0.4) is 0 Å². The van der Waals surface area contributed by atoms with Gasteiger partial charge in [0.05, 0.1) is 18.3 Å². The number of carbonyl (C=O) groups is 1. The summed E-state index contributed by atoms with van der Waals surface area (Å²) in [7, 11) is 1.74. The van der Waals surface area contributed by atoms with Gasteiger partial charge in [0.1, 0.15) is 17.6 Å². The van der Waals surface area contributed by atoms with E-state index in [0.29, 0.717) is 43.0 Å². The first-order valence-electron chi connectivity index (χ1n) is 16.8. The zero-order chi connectivity index (χ0) is 33.4. The van der Waals surface area contributed by atoms with Crippen LogP contribution in [0.5, 0.6) is 0 Å². The van der Waals surface area contributed by atoms with E-state index in [1.165, 1.54) is 5.57 Å². The number of nitrogens with zero attached hydrogens (tertiary/aromatic N) is 2. The zero-order valence-electron chi connectivity index (χ0n) is 28.6. The van der Waals surface area contributed by atoms with Gasteiger partial charge in [-0.05, 0) is 63.5 Å². The van der Waals surface area contributed by atoms with Crippen LogP contribution < -0.4 is 0 Å². The number of ether oxygens (including phenoxy) is 2. The highest BCUT2D eigenvalue weighted by Gasteiger charge is 2.51. The molecule has 9 unspecified atom stereocenters. The first-order valence-corrected chi connectivity index (χ1v) is 16.8. The van der Waals surface area contributed by atoms with Gasteiger partial charge in [0.15, 0.2) is 5.89 Å². The molecule has 7 heteroatoms. The fourth-order valence-corrected chi connectivity index (χ4v) is 7.23. The average molecular weight is 629 g/mol. The number of methoxy groups -OCH3 is 1. The number of fused-ring (bicyclic) bond motifs is 3. The van der Waals surface area contributed by atoms with Crippen LogP contribution in [0.15, 0.2) is 70.2 Å². The van der Waals surface area contributed by atoms with Gasteiger partial charge in [0.25, 0.3) is 0 Å². The van der Waals surface area contributed by atoms with Crippen molar-refractivity contribution in [1.82, 2.24) is 4.98 Å². The van der Waals surface area contributed by atoms with Gasteiger partial charge in [-0.15, -0.1) is 0 Å². The number of hydrogen-bond acceptors (Lipinski definition) is 7. The number of esters is 1. The molecule has 0 radical (unpaired) electrons. The Morgan fingerprint density at radius 3 is 2.74 bits per heavy atom. The Morgan fingerprint density at radius 1 is 1.24 bits per heavy atom. The first kappa shape index (κ1) is 35.4. The van der Waals surface area contributed by atoms with E-state index in [9.17, 15) is 9.90 Å². The molecule has 7 nitrogen and oxygen atoms in total. The summed E-state index contributed by atoms with van der Waals surface area (Å²) in [6.07, 6.45) is 23.8. The number of aryl methyl sites for hydroxylation is 1. The number of aromatic nitrogens is 1. The number of rotatable bonds is 6. The predicted octanol–water partition coefficient (Wildman–Crippen LogP) is 8.34. The van der Waals surface area contributed by atoms with Crippen molar-refractivity contribution in [2.24, 2.45) is 29.1 Å². The van der Waals surface area contributed by atoms with Crippen LogP contribution in [0.25, 0.3) is 6.08 Å². The number of aliphatic hydroxyl groups is 1. The summed E-state index contributed by atoms with van der Waals surface area (Å²) in [6.45, 7) is 12.5. The fraction of sp³-hybridized carbons (Fsp3) is 0.564. The van der Waals surface area contributed by atoms with E-state index in [0.717, 1.165) is 12.0 Å². The lowest BCUT2D eigenvalue weighted by atomic mass is 9.53. The van der Waals surface area contributed by atoms with Gasteiger partial charge in [0.2, 0.25) is 0 Å². The minimum atomic E-state index is -0.483. The predicted molar refractivity (Wildman–Crippen MR) is 181 cm³/mol. The van der Waals surface area contributed by atoms with Gasteiger partial charge in [0, 0.05) is 50.0 Å². The Kier molecular flexibility index (Phi) is 12.2. The highest BCUT2D eigenvalue weighted by Crippen LogP contribution is 2.54. The van der Waals surface area contributed by atoms with E-state index in [1.807, 2.05) is 39.0 Å². The SMILES string of the molecule is COC1CC(O)C2C(C)=CC3/C=C/C=C/C(C)C(/C=C/c4nc(C(C)CCC#N)oc4C)OC(=O)CC/C=C(C)\C=C\C3(C)C2C1. The van der Waals surface area contributed by atoms with Crippen LogP contribution in [-0.2, 0) is 14.3 Å². The lowest BCUT2D eigenvalue weighted by Gasteiger charge is -2.53. The van der Waals surface area contributed by atoms with E-state index in [1.54, 1.807) is 7.11 Å². The van der Waals surface area contributed by atoms with Gasteiger partial charge < -0.3 is 19.0 Å². The Balaban J connectivity index is 1.63. The van der Waals surface area contributed by atoms with Crippen molar-refractivity contribution in [3.63, 3.8) is 0 Å². The maximum atomic E-state index is 13.0. The lowest BCUT2D eigenvalue weighted by molar-refractivity contribution is -0.148. The third kappa shape index (κ3) is 8.46. The topological polar surface area (TPSA) is 106 Å². The molecule has 0 saturated heterocycles.